The summed E-state index contributed by atoms with van der Waals surface area (Å²) in [6.45, 7) is 8.28. The maximum Gasteiger partial charge on any atom is 0.407 e. The highest BCUT2D eigenvalue weighted by Crippen LogP contribution is 2.39. The Morgan fingerprint density at radius 1 is 0.980 bits per heavy atom. The number of aromatic nitrogens is 1. The lowest BCUT2D eigenvalue weighted by molar-refractivity contribution is -0.141. The van der Waals surface area contributed by atoms with E-state index in [0.29, 0.717) is 69.7 Å². The molecule has 276 valence electrons. The highest BCUT2D eigenvalue weighted by atomic mass is 19.1. The van der Waals surface area contributed by atoms with Crippen LogP contribution < -0.4 is 10.6 Å². The zero-order valence-corrected chi connectivity index (χ0v) is 30.0. The molecular formula is C39H51FN4O7. The van der Waals surface area contributed by atoms with Crippen LogP contribution in [0.3, 0.4) is 0 Å². The number of carbonyl (C=O) groups is 4. The van der Waals surface area contributed by atoms with Crippen molar-refractivity contribution in [3.8, 4) is 0 Å². The van der Waals surface area contributed by atoms with Crippen LogP contribution in [0.25, 0.3) is 10.9 Å². The smallest absolute Gasteiger partial charge is 0.407 e. The van der Waals surface area contributed by atoms with Gasteiger partial charge >= 0.3 is 12.1 Å². The van der Waals surface area contributed by atoms with Gasteiger partial charge in [0, 0.05) is 54.6 Å². The van der Waals surface area contributed by atoms with E-state index < -0.39 is 36.4 Å². The molecule has 12 heteroatoms. The number of nitrogens with zero attached hydrogens (tertiary/aromatic N) is 1. The second-order valence-corrected chi connectivity index (χ2v) is 14.5. The fourth-order valence-corrected chi connectivity index (χ4v) is 7.24. The number of alkyl carbamates (subject to hydrolysis) is 1. The number of fused-ring (bicyclic) bond motifs is 1. The molecule has 1 aliphatic carbocycles. The largest absolute Gasteiger partial charge is 0.461 e. The van der Waals surface area contributed by atoms with Crippen molar-refractivity contribution in [2.45, 2.75) is 89.8 Å². The zero-order chi connectivity index (χ0) is 36.5. The maximum absolute atomic E-state index is 14.1. The Morgan fingerprint density at radius 3 is 2.41 bits per heavy atom. The standard InChI is InChI=1S/C39H51FN4O7/c1-5-49-20-9-21-50-37(47)32-23-28-22-29(16-17-31(28)42-32)41-35(45)34-30(25-10-7-6-8-11-25)18-19-44(34)36(46)27-14-12-26(13-15-27)33(24-40)43-38(48)51-39(2,3)4/h6-8,10-11,16-17,22-23,26-27,30,33-34,42H,5,9,12-15,18-21,24H2,1-4H3,(H,41,45)(H,43,48)/t26-,27-,30-,33-,34+/m1/s1. The van der Waals surface area contributed by atoms with E-state index in [1.807, 2.05) is 37.3 Å². The zero-order valence-electron chi connectivity index (χ0n) is 30.0. The third-order valence-corrected chi connectivity index (χ3v) is 9.71. The average molecular weight is 707 g/mol. The molecule has 3 aromatic rings. The molecule has 3 N–H and O–H groups in total. The van der Waals surface area contributed by atoms with E-state index in [0.717, 1.165) is 16.5 Å². The Kier molecular flexibility index (Phi) is 12.7. The predicted molar refractivity (Wildman–Crippen MR) is 192 cm³/mol. The second kappa shape index (κ2) is 17.2. The lowest BCUT2D eigenvalue weighted by Crippen LogP contribution is -2.49. The van der Waals surface area contributed by atoms with Gasteiger partial charge in [0.15, 0.2) is 0 Å². The highest BCUT2D eigenvalue weighted by molar-refractivity contribution is 6.01. The summed E-state index contributed by atoms with van der Waals surface area (Å²) in [5.41, 5.74) is 1.88. The maximum atomic E-state index is 14.1. The summed E-state index contributed by atoms with van der Waals surface area (Å²) in [4.78, 5) is 58.0. The molecule has 3 atom stereocenters. The lowest BCUT2D eigenvalue weighted by Gasteiger charge is -2.36. The molecule has 0 bridgehead atoms. The van der Waals surface area contributed by atoms with Gasteiger partial charge in [-0.25, -0.2) is 14.0 Å². The molecular weight excluding hydrogens is 655 g/mol. The topological polar surface area (TPSA) is 139 Å². The molecule has 1 saturated carbocycles. The van der Waals surface area contributed by atoms with Crippen molar-refractivity contribution in [3.05, 3.63) is 65.9 Å². The molecule has 5 rings (SSSR count). The highest BCUT2D eigenvalue weighted by Gasteiger charge is 2.45. The van der Waals surface area contributed by atoms with Crippen LogP contribution in [-0.2, 0) is 23.8 Å². The molecule has 3 amide bonds. The van der Waals surface area contributed by atoms with Gasteiger partial charge in [-0.2, -0.15) is 0 Å². The monoisotopic (exact) mass is 706 g/mol. The van der Waals surface area contributed by atoms with Gasteiger partial charge in [0.05, 0.1) is 12.6 Å². The fourth-order valence-electron chi connectivity index (χ4n) is 7.24. The molecule has 2 aromatic carbocycles. The number of hydrogen-bond acceptors (Lipinski definition) is 7. The van der Waals surface area contributed by atoms with Gasteiger partial charge in [0.25, 0.3) is 0 Å². The number of likely N-dealkylation sites (tertiary alicyclic amines) is 1. The molecule has 1 aromatic heterocycles. The number of ether oxygens (including phenoxy) is 3. The molecule has 1 aliphatic heterocycles. The quantitative estimate of drug-likeness (QED) is 0.132. The lowest BCUT2D eigenvalue weighted by atomic mass is 9.78. The number of amides is 3. The SMILES string of the molecule is CCOCCCOC(=O)c1cc2cc(NC(=O)[C@@H]3[C@@H](c4ccccc4)CCN3C(=O)[C@H]3CC[C@H]([C@@H](CF)NC(=O)OC(C)(C)C)CC3)ccc2[nH]1. The second-order valence-electron chi connectivity index (χ2n) is 14.5. The Bertz CT molecular complexity index is 1650. The number of rotatable bonds is 13. The van der Waals surface area contributed by atoms with Crippen molar-refractivity contribution < 1.29 is 37.8 Å². The first-order valence-electron chi connectivity index (χ1n) is 18.1. The van der Waals surface area contributed by atoms with E-state index in [-0.39, 0.29) is 36.2 Å². The summed E-state index contributed by atoms with van der Waals surface area (Å²) in [7, 11) is 0. The minimum Gasteiger partial charge on any atom is -0.461 e. The van der Waals surface area contributed by atoms with Crippen molar-refractivity contribution in [1.82, 2.24) is 15.2 Å². The van der Waals surface area contributed by atoms with Crippen molar-refractivity contribution in [2.75, 3.05) is 38.4 Å². The van der Waals surface area contributed by atoms with Gasteiger partial charge in [-0.1, -0.05) is 30.3 Å². The van der Waals surface area contributed by atoms with E-state index in [2.05, 4.69) is 15.6 Å². The van der Waals surface area contributed by atoms with E-state index >= 15 is 0 Å². The van der Waals surface area contributed by atoms with Gasteiger partial charge in [-0.3, -0.25) is 9.59 Å². The number of aromatic amines is 1. The third-order valence-electron chi connectivity index (χ3n) is 9.71. The molecule has 0 radical (unpaired) electrons. The van der Waals surface area contributed by atoms with Gasteiger partial charge in [-0.05, 0) is 95.5 Å². The van der Waals surface area contributed by atoms with Crippen molar-refractivity contribution in [2.24, 2.45) is 11.8 Å². The van der Waals surface area contributed by atoms with E-state index in [1.165, 1.54) is 0 Å². The number of hydrogen-bond donors (Lipinski definition) is 3. The molecule has 2 aliphatic rings. The van der Waals surface area contributed by atoms with E-state index in [9.17, 15) is 23.6 Å². The number of halogens is 1. The molecule has 2 heterocycles. The fraction of sp³-hybridized carbons (Fsp3) is 0.538. The number of esters is 1. The molecule has 1 saturated heterocycles. The summed E-state index contributed by atoms with van der Waals surface area (Å²) >= 11 is 0. The number of H-pyrrole nitrogens is 1. The summed E-state index contributed by atoms with van der Waals surface area (Å²) in [5.74, 6) is -1.44. The molecule has 11 nitrogen and oxygen atoms in total. The Hall–Kier alpha value is -4.45. The molecule has 51 heavy (non-hydrogen) atoms. The van der Waals surface area contributed by atoms with Crippen LogP contribution in [0.1, 0.15) is 88.2 Å². The van der Waals surface area contributed by atoms with Crippen LogP contribution in [0, 0.1) is 11.8 Å². The van der Waals surface area contributed by atoms with Gasteiger partial charge in [-0.15, -0.1) is 0 Å². The van der Waals surface area contributed by atoms with Crippen LogP contribution in [-0.4, -0.2) is 84.5 Å². The third kappa shape index (κ3) is 9.87. The first kappa shape index (κ1) is 37.8. The Labute approximate surface area is 299 Å². The molecule has 2 fully saturated rings. The van der Waals surface area contributed by atoms with Crippen LogP contribution in [0.4, 0.5) is 14.9 Å². The number of carbonyl (C=O) groups excluding carboxylic acids is 4. The number of alkyl halides is 1. The normalized spacial score (nSPS) is 21.2. The van der Waals surface area contributed by atoms with Gasteiger partial charge < -0.3 is 34.7 Å². The summed E-state index contributed by atoms with van der Waals surface area (Å²) in [6.07, 6.45) is 2.83. The van der Waals surface area contributed by atoms with Crippen molar-refractivity contribution in [1.29, 1.82) is 0 Å². The van der Waals surface area contributed by atoms with Crippen molar-refractivity contribution >= 4 is 40.5 Å². The molecule has 0 unspecified atom stereocenters. The van der Waals surface area contributed by atoms with Crippen LogP contribution in [0.5, 0.6) is 0 Å². The van der Waals surface area contributed by atoms with Crippen LogP contribution in [0.2, 0.25) is 0 Å². The predicted octanol–water partition coefficient (Wildman–Crippen LogP) is 6.74. The summed E-state index contributed by atoms with van der Waals surface area (Å²) < 4.78 is 30.0. The average Bonchev–Trinajstić information content (AvgIpc) is 3.75. The number of benzene rings is 2. The van der Waals surface area contributed by atoms with Crippen molar-refractivity contribution in [3.63, 3.8) is 0 Å². The summed E-state index contributed by atoms with van der Waals surface area (Å²) in [5, 5.41) is 6.46. The van der Waals surface area contributed by atoms with E-state index in [4.69, 9.17) is 14.2 Å². The minimum atomic E-state index is -0.728. The van der Waals surface area contributed by atoms with Gasteiger partial charge in [0.1, 0.15) is 24.0 Å². The van der Waals surface area contributed by atoms with Gasteiger partial charge in [0.2, 0.25) is 11.8 Å². The van der Waals surface area contributed by atoms with E-state index in [1.54, 1.807) is 49.9 Å². The first-order valence-corrected chi connectivity index (χ1v) is 18.1. The number of anilines is 1. The summed E-state index contributed by atoms with van der Waals surface area (Å²) in [6, 6.07) is 15.4. The Balaban J connectivity index is 1.25. The number of nitrogens with one attached hydrogen (secondary N) is 3. The van der Waals surface area contributed by atoms with Crippen LogP contribution in [0.15, 0.2) is 54.6 Å². The first-order chi connectivity index (χ1) is 24.5. The van der Waals surface area contributed by atoms with Crippen LogP contribution >= 0.6 is 0 Å². The minimum absolute atomic E-state index is 0.0746. The Morgan fingerprint density at radius 2 is 1.73 bits per heavy atom. The molecule has 0 spiro atoms.